The zero-order valence-electron chi connectivity index (χ0n) is 34.2. The van der Waals surface area contributed by atoms with Gasteiger partial charge < -0.3 is 4.42 Å². The predicted octanol–water partition coefficient (Wildman–Crippen LogP) is 9.10. The third-order valence-corrected chi connectivity index (χ3v) is 7.44. The molecule has 202 valence electrons. The maximum Gasteiger partial charge on any atom is 0.297 e. The number of nitrogens with zero attached hydrogens (tertiary/aromatic N) is 3. The summed E-state index contributed by atoms with van der Waals surface area (Å²) < 4.78 is 105. The van der Waals surface area contributed by atoms with Crippen molar-refractivity contribution in [1.82, 2.24) is 9.55 Å². The molecule has 3 aromatic heterocycles. The molecule has 3 heterocycles. The van der Waals surface area contributed by atoms with E-state index in [9.17, 15) is 2.74 Å². The van der Waals surface area contributed by atoms with Gasteiger partial charge in [-0.05, 0) is 79.0 Å². The molecule has 40 heavy (non-hydrogen) atoms. The molecule has 3 aromatic carbocycles. The van der Waals surface area contributed by atoms with Crippen LogP contribution in [0.15, 0.2) is 77.5 Å². The van der Waals surface area contributed by atoms with Crippen molar-refractivity contribution in [2.45, 2.75) is 60.0 Å². The Hall–Kier alpha value is -4.18. The zero-order valence-corrected chi connectivity index (χ0v) is 23.2. The van der Waals surface area contributed by atoms with E-state index in [1.165, 1.54) is 13.8 Å². The molecule has 2 unspecified atom stereocenters. The average molecular weight is 540 g/mol. The number of rotatable bonds is 5. The van der Waals surface area contributed by atoms with Crippen molar-refractivity contribution >= 4 is 22.1 Å². The van der Waals surface area contributed by atoms with Crippen molar-refractivity contribution in [2.24, 2.45) is 7.05 Å². The lowest BCUT2D eigenvalue weighted by Gasteiger charge is -2.20. The predicted molar refractivity (Wildman–Crippen MR) is 165 cm³/mol. The third-order valence-electron chi connectivity index (χ3n) is 7.44. The van der Waals surface area contributed by atoms with E-state index in [1.54, 1.807) is 97.0 Å². The molecule has 4 heteroatoms. The topological polar surface area (TPSA) is 34.8 Å². The van der Waals surface area contributed by atoms with E-state index in [1.807, 2.05) is 6.07 Å². The summed E-state index contributed by atoms with van der Waals surface area (Å²) in [5.74, 6) is -4.20. The molecule has 0 aliphatic rings. The van der Waals surface area contributed by atoms with Gasteiger partial charge in [-0.2, -0.15) is 4.57 Å². The highest BCUT2D eigenvalue weighted by Crippen LogP contribution is 2.42. The molecule has 6 rings (SSSR count). The maximum absolute atomic E-state index is 9.40. The number of furan rings is 1. The Kier molecular flexibility index (Phi) is 3.95. The number of imidazole rings is 1. The Bertz CT molecular complexity index is 2260. The van der Waals surface area contributed by atoms with Crippen LogP contribution in [0.4, 0.5) is 0 Å². The molecule has 0 bridgehead atoms. The molecule has 2 atom stereocenters. The van der Waals surface area contributed by atoms with Gasteiger partial charge >= 0.3 is 0 Å². The summed E-state index contributed by atoms with van der Waals surface area (Å²) in [5.41, 5.74) is 3.26. The molecule has 6 aromatic rings. The lowest BCUT2D eigenvalue weighted by Crippen LogP contribution is -2.29. The first-order valence-electron chi connectivity index (χ1n) is 18.6. The van der Waals surface area contributed by atoms with Gasteiger partial charge in [0, 0.05) is 42.7 Å². The fourth-order valence-electron chi connectivity index (χ4n) is 5.55. The fourth-order valence-corrected chi connectivity index (χ4v) is 5.55. The quantitative estimate of drug-likeness (QED) is 0.205. The summed E-state index contributed by atoms with van der Waals surface area (Å²) in [6, 6.07) is 17.3. The van der Waals surface area contributed by atoms with Gasteiger partial charge in [0.2, 0.25) is 5.71 Å². The van der Waals surface area contributed by atoms with Crippen LogP contribution in [0.1, 0.15) is 82.4 Å². The molecular weight excluding hydrogens is 490 g/mol. The molecule has 4 nitrogen and oxygen atoms in total. The lowest BCUT2D eigenvalue weighted by molar-refractivity contribution is -0.659. The van der Waals surface area contributed by atoms with E-state index in [2.05, 4.69) is 4.98 Å². The highest BCUT2D eigenvalue weighted by atomic mass is 16.3. The van der Waals surface area contributed by atoms with Crippen LogP contribution in [0.25, 0.3) is 50.3 Å². The lowest BCUT2D eigenvalue weighted by atomic mass is 9.88. The van der Waals surface area contributed by atoms with Crippen molar-refractivity contribution in [3.05, 3.63) is 101 Å². The zero-order chi connectivity index (χ0) is 37.6. The number of pyridine rings is 1. The van der Waals surface area contributed by atoms with Gasteiger partial charge in [0.15, 0.2) is 5.58 Å². The van der Waals surface area contributed by atoms with E-state index in [-0.39, 0.29) is 33.7 Å². The van der Waals surface area contributed by atoms with E-state index < -0.39 is 32.3 Å². The van der Waals surface area contributed by atoms with Crippen LogP contribution in [0.2, 0.25) is 0 Å². The number of benzene rings is 3. The third kappa shape index (κ3) is 4.14. The number of hydrogen-bond acceptors (Lipinski definition) is 2. The largest absolute Gasteiger partial charge is 0.437 e. The first kappa shape index (κ1) is 16.2. The van der Waals surface area contributed by atoms with E-state index in [4.69, 9.17) is 16.8 Å². The summed E-state index contributed by atoms with van der Waals surface area (Å²) in [4.78, 5) is 4.54. The Morgan fingerprint density at radius 2 is 1.65 bits per heavy atom. The van der Waals surface area contributed by atoms with Gasteiger partial charge in [0.1, 0.15) is 23.6 Å². The normalized spacial score (nSPS) is 19.9. The smallest absolute Gasteiger partial charge is 0.297 e. The van der Waals surface area contributed by atoms with Crippen LogP contribution < -0.4 is 4.57 Å². The van der Waals surface area contributed by atoms with Gasteiger partial charge in [-0.25, -0.2) is 9.55 Å². The Labute approximate surface area is 252 Å². The molecule has 0 radical (unpaired) electrons. The van der Waals surface area contributed by atoms with Crippen molar-refractivity contribution in [1.29, 1.82) is 0 Å². The number of fused-ring (bicyclic) bond motifs is 3. The van der Waals surface area contributed by atoms with Gasteiger partial charge in [-0.15, -0.1) is 0 Å². The van der Waals surface area contributed by atoms with Gasteiger partial charge in [0.25, 0.3) is 5.82 Å². The van der Waals surface area contributed by atoms with Crippen molar-refractivity contribution in [3.8, 4) is 28.2 Å². The van der Waals surface area contributed by atoms with E-state index >= 15 is 0 Å². The van der Waals surface area contributed by atoms with Gasteiger partial charge in [0.05, 0.1) is 7.05 Å². The summed E-state index contributed by atoms with van der Waals surface area (Å²) in [7, 11) is 1.74. The molecule has 0 saturated heterocycles. The van der Waals surface area contributed by atoms with Crippen LogP contribution in [0.5, 0.6) is 0 Å². The van der Waals surface area contributed by atoms with Crippen molar-refractivity contribution in [3.63, 3.8) is 0 Å². The molecule has 0 amide bonds. The molecule has 0 aliphatic carbocycles. The fraction of sp³-hybridized carbons (Fsp3) is 0.278. The minimum atomic E-state index is -2.88. The molecular formula is C36H38N3O+. The Morgan fingerprint density at radius 1 is 0.925 bits per heavy atom. The van der Waals surface area contributed by atoms with Crippen LogP contribution in [0, 0.1) is 20.7 Å². The molecule has 0 N–H and O–H groups in total. The first-order chi connectivity index (χ1) is 23.5. The minimum Gasteiger partial charge on any atom is -0.437 e. The van der Waals surface area contributed by atoms with Crippen LogP contribution in [-0.2, 0) is 7.05 Å². The molecule has 0 aliphatic heterocycles. The summed E-state index contributed by atoms with van der Waals surface area (Å²) >= 11 is 0. The minimum absolute atomic E-state index is 0.0195. The number of aromatic nitrogens is 3. The molecule has 0 fully saturated rings. The van der Waals surface area contributed by atoms with Crippen LogP contribution in [-0.4, -0.2) is 9.55 Å². The second kappa shape index (κ2) is 9.78. The van der Waals surface area contributed by atoms with Crippen LogP contribution >= 0.6 is 0 Å². The standard InChI is InChI=1S/C36H38N3O/c1-21(2)29-19-27(26-12-10-9-11-13-26)20-30(22(3)4)33(29)39-17-16-38(8)36(39)32-24(6)18-23(5)31-28-15-14-25(7)37-35(28)40-34(31)32/h9-22H,1-8H3/q+1/i1D3,3D3,5D3,21D,22D. The van der Waals surface area contributed by atoms with Crippen molar-refractivity contribution < 1.29 is 24.1 Å². The Balaban J connectivity index is 1.83. The van der Waals surface area contributed by atoms with Crippen LogP contribution in [0.3, 0.4) is 0 Å². The second-order valence-corrected chi connectivity index (χ2v) is 10.4. The summed E-state index contributed by atoms with van der Waals surface area (Å²) in [5, 5.41) is 0.839. The second-order valence-electron chi connectivity index (χ2n) is 10.4. The van der Waals surface area contributed by atoms with Gasteiger partial charge in [-0.1, -0.05) is 63.9 Å². The highest BCUT2D eigenvalue weighted by Gasteiger charge is 2.31. The number of aryl methyl sites for hydroxylation is 4. The monoisotopic (exact) mass is 539 g/mol. The van der Waals surface area contributed by atoms with Gasteiger partial charge in [-0.3, -0.25) is 0 Å². The SMILES string of the molecule is [2H]C([2H])([2H])c1cc(C)c(-c2n(-c3c(C([2H])(C)C([2H])([2H])[2H])cc(-c4ccccc4)cc3C([2H])(C)C([2H])([2H])[2H])cc[n+]2C)c2oc3nc(C)ccc3c12. The number of hydrogen-bond donors (Lipinski definition) is 0. The first-order valence-corrected chi connectivity index (χ1v) is 13.1. The highest BCUT2D eigenvalue weighted by molar-refractivity contribution is 6.10. The van der Waals surface area contributed by atoms with Crippen molar-refractivity contribution in [2.75, 3.05) is 0 Å². The Morgan fingerprint density at radius 3 is 2.33 bits per heavy atom. The summed E-state index contributed by atoms with van der Waals surface area (Å²) in [6.45, 7) is -2.22. The van der Waals surface area contributed by atoms with E-state index in [0.717, 1.165) is 0 Å². The maximum atomic E-state index is 9.40. The van der Waals surface area contributed by atoms with E-state index in [0.29, 0.717) is 44.5 Å². The average Bonchev–Trinajstić information content (AvgIpc) is 3.58. The summed E-state index contributed by atoms with van der Waals surface area (Å²) in [6.07, 6.45) is 3.31. The molecule has 0 spiro atoms. The molecule has 0 saturated carbocycles.